The normalized spacial score (nSPS) is 11.9. The number of guanidine groups is 1. The molecule has 19 heavy (non-hydrogen) atoms. The lowest BCUT2D eigenvalue weighted by molar-refractivity contribution is 0.0776. The molecule has 0 fully saturated rings. The number of hydrogen-bond donors (Lipinski definition) is 2. The fourth-order valence-corrected chi connectivity index (χ4v) is 1.50. The summed E-state index contributed by atoms with van der Waals surface area (Å²) in [4.78, 5) is 4.45. The predicted molar refractivity (Wildman–Crippen MR) is 77.2 cm³/mol. The Balaban J connectivity index is 2.25. The van der Waals surface area contributed by atoms with Crippen LogP contribution in [0.25, 0.3) is 0 Å². The molecule has 2 N–H and O–H groups in total. The summed E-state index contributed by atoms with van der Waals surface area (Å²) in [6, 6.07) is 3.79. The maximum absolute atomic E-state index is 5.49. The Bertz CT molecular complexity index is 348. The number of furan rings is 1. The molecule has 1 aromatic heterocycles. The van der Waals surface area contributed by atoms with Gasteiger partial charge in [-0.1, -0.05) is 0 Å². The minimum Gasteiger partial charge on any atom is -0.467 e. The monoisotopic (exact) mass is 267 g/mol. The van der Waals surface area contributed by atoms with Crippen molar-refractivity contribution in [1.29, 1.82) is 0 Å². The molecule has 0 aliphatic rings. The molecule has 0 amide bonds. The summed E-state index contributed by atoms with van der Waals surface area (Å²) < 4.78 is 10.7. The van der Waals surface area contributed by atoms with Crippen LogP contribution in [0, 0.1) is 0 Å². The second-order valence-corrected chi connectivity index (χ2v) is 4.47. The van der Waals surface area contributed by atoms with Crippen molar-refractivity contribution in [2.75, 3.05) is 19.7 Å². The summed E-state index contributed by atoms with van der Waals surface area (Å²) in [6.45, 7) is 9.13. The van der Waals surface area contributed by atoms with E-state index in [1.54, 1.807) is 6.26 Å². The van der Waals surface area contributed by atoms with E-state index < -0.39 is 0 Å². The maximum Gasteiger partial charge on any atom is 0.191 e. The predicted octanol–water partition coefficient (Wildman–Crippen LogP) is 2.15. The van der Waals surface area contributed by atoms with Crippen molar-refractivity contribution < 1.29 is 9.15 Å². The van der Waals surface area contributed by atoms with Crippen LogP contribution in [0.5, 0.6) is 0 Å². The molecule has 0 aromatic carbocycles. The van der Waals surface area contributed by atoms with Crippen LogP contribution < -0.4 is 10.6 Å². The van der Waals surface area contributed by atoms with E-state index >= 15 is 0 Å². The fourth-order valence-electron chi connectivity index (χ4n) is 1.50. The van der Waals surface area contributed by atoms with Crippen LogP contribution >= 0.6 is 0 Å². The molecule has 1 heterocycles. The Morgan fingerprint density at radius 3 is 2.89 bits per heavy atom. The topological polar surface area (TPSA) is 58.8 Å². The van der Waals surface area contributed by atoms with Crippen molar-refractivity contribution in [3.8, 4) is 0 Å². The van der Waals surface area contributed by atoms with Crippen molar-refractivity contribution in [3.63, 3.8) is 0 Å². The lowest BCUT2D eigenvalue weighted by Gasteiger charge is -2.11. The van der Waals surface area contributed by atoms with Crippen LogP contribution in [0.15, 0.2) is 27.8 Å². The molecule has 5 nitrogen and oxygen atoms in total. The van der Waals surface area contributed by atoms with Gasteiger partial charge in [0, 0.05) is 19.7 Å². The second kappa shape index (κ2) is 9.44. The molecule has 0 atom stereocenters. The zero-order valence-electron chi connectivity index (χ0n) is 12.1. The van der Waals surface area contributed by atoms with Gasteiger partial charge in [0.05, 0.1) is 12.4 Å². The number of nitrogens with one attached hydrogen (secondary N) is 2. The molecule has 108 valence electrons. The molecular weight excluding hydrogens is 242 g/mol. The highest BCUT2D eigenvalue weighted by molar-refractivity contribution is 5.79. The summed E-state index contributed by atoms with van der Waals surface area (Å²) >= 11 is 0. The van der Waals surface area contributed by atoms with Crippen molar-refractivity contribution in [3.05, 3.63) is 24.2 Å². The van der Waals surface area contributed by atoms with Gasteiger partial charge >= 0.3 is 0 Å². The van der Waals surface area contributed by atoms with Gasteiger partial charge in [-0.15, -0.1) is 0 Å². The van der Waals surface area contributed by atoms with Crippen LogP contribution in [0.4, 0.5) is 0 Å². The third-order valence-electron chi connectivity index (χ3n) is 2.38. The van der Waals surface area contributed by atoms with Gasteiger partial charge in [-0.3, -0.25) is 0 Å². The summed E-state index contributed by atoms with van der Waals surface area (Å²) in [5, 5.41) is 6.48. The van der Waals surface area contributed by atoms with Gasteiger partial charge in [-0.2, -0.15) is 0 Å². The lowest BCUT2D eigenvalue weighted by Crippen LogP contribution is -2.38. The first-order chi connectivity index (χ1) is 9.22. The Hall–Kier alpha value is -1.49. The molecule has 0 saturated heterocycles. The van der Waals surface area contributed by atoms with Gasteiger partial charge in [0.1, 0.15) is 12.3 Å². The van der Waals surface area contributed by atoms with Crippen LogP contribution in [0.1, 0.15) is 33.0 Å². The molecule has 0 unspecified atom stereocenters. The average Bonchev–Trinajstić information content (AvgIpc) is 2.88. The Labute approximate surface area is 115 Å². The van der Waals surface area contributed by atoms with E-state index in [0.717, 1.165) is 37.8 Å². The molecule has 0 aliphatic heterocycles. The van der Waals surface area contributed by atoms with Gasteiger partial charge in [-0.25, -0.2) is 4.99 Å². The molecule has 0 aliphatic carbocycles. The van der Waals surface area contributed by atoms with Gasteiger partial charge in [0.2, 0.25) is 0 Å². The van der Waals surface area contributed by atoms with Gasteiger partial charge < -0.3 is 19.8 Å². The summed E-state index contributed by atoms with van der Waals surface area (Å²) in [7, 11) is 0. The highest BCUT2D eigenvalue weighted by Crippen LogP contribution is 2.01. The highest BCUT2D eigenvalue weighted by atomic mass is 16.5. The third kappa shape index (κ3) is 7.51. The zero-order chi connectivity index (χ0) is 13.9. The maximum atomic E-state index is 5.49. The molecule has 0 bridgehead atoms. The summed E-state index contributed by atoms with van der Waals surface area (Å²) in [5.74, 6) is 1.67. The van der Waals surface area contributed by atoms with E-state index in [0.29, 0.717) is 12.6 Å². The standard InChI is InChI=1S/C14H25N3O2/c1-4-15-14(16-8-6-10-18-12(2)3)17-11-13-7-5-9-19-13/h5,7,9,12H,4,6,8,10-11H2,1-3H3,(H2,15,16,17). The molecular formula is C14H25N3O2. The Morgan fingerprint density at radius 1 is 1.42 bits per heavy atom. The first-order valence-corrected chi connectivity index (χ1v) is 6.88. The fraction of sp³-hybridized carbons (Fsp3) is 0.643. The van der Waals surface area contributed by atoms with E-state index in [2.05, 4.69) is 15.6 Å². The number of aliphatic imine (C=N–C) groups is 1. The van der Waals surface area contributed by atoms with Crippen molar-refractivity contribution in [2.24, 2.45) is 4.99 Å². The van der Waals surface area contributed by atoms with E-state index in [9.17, 15) is 0 Å². The average molecular weight is 267 g/mol. The minimum absolute atomic E-state index is 0.292. The first kappa shape index (κ1) is 15.6. The van der Waals surface area contributed by atoms with Crippen molar-refractivity contribution in [2.45, 2.75) is 39.8 Å². The molecule has 0 spiro atoms. The van der Waals surface area contributed by atoms with Crippen LogP contribution in [-0.4, -0.2) is 31.8 Å². The van der Waals surface area contributed by atoms with E-state index in [4.69, 9.17) is 9.15 Å². The Kier molecular flexibility index (Phi) is 7.74. The number of rotatable bonds is 8. The number of nitrogens with zero attached hydrogens (tertiary/aromatic N) is 1. The second-order valence-electron chi connectivity index (χ2n) is 4.47. The van der Waals surface area contributed by atoms with Crippen LogP contribution in [-0.2, 0) is 11.3 Å². The largest absolute Gasteiger partial charge is 0.467 e. The molecule has 1 aromatic rings. The Morgan fingerprint density at radius 2 is 2.26 bits per heavy atom. The van der Waals surface area contributed by atoms with Crippen molar-refractivity contribution >= 4 is 5.96 Å². The molecule has 1 rings (SSSR count). The van der Waals surface area contributed by atoms with Gasteiger partial charge in [0.15, 0.2) is 5.96 Å². The first-order valence-electron chi connectivity index (χ1n) is 6.88. The smallest absolute Gasteiger partial charge is 0.191 e. The van der Waals surface area contributed by atoms with Crippen LogP contribution in [0.2, 0.25) is 0 Å². The zero-order valence-corrected chi connectivity index (χ0v) is 12.1. The quantitative estimate of drug-likeness (QED) is 0.430. The summed E-state index contributed by atoms with van der Waals surface area (Å²) in [6.07, 6.45) is 2.92. The SMILES string of the molecule is CCNC(=NCc1ccco1)NCCCOC(C)C. The van der Waals surface area contributed by atoms with E-state index in [1.807, 2.05) is 32.9 Å². The minimum atomic E-state index is 0.292. The summed E-state index contributed by atoms with van der Waals surface area (Å²) in [5.41, 5.74) is 0. The van der Waals surface area contributed by atoms with Gasteiger partial charge in [-0.05, 0) is 39.3 Å². The van der Waals surface area contributed by atoms with E-state index in [1.165, 1.54) is 0 Å². The molecule has 0 radical (unpaired) electrons. The van der Waals surface area contributed by atoms with E-state index in [-0.39, 0.29) is 0 Å². The number of ether oxygens (including phenoxy) is 1. The lowest BCUT2D eigenvalue weighted by atomic mass is 10.4. The number of hydrogen-bond acceptors (Lipinski definition) is 3. The van der Waals surface area contributed by atoms with Crippen molar-refractivity contribution in [1.82, 2.24) is 10.6 Å². The van der Waals surface area contributed by atoms with Crippen LogP contribution in [0.3, 0.4) is 0 Å². The third-order valence-corrected chi connectivity index (χ3v) is 2.38. The molecule has 0 saturated carbocycles. The highest BCUT2D eigenvalue weighted by Gasteiger charge is 1.99. The van der Waals surface area contributed by atoms with Gasteiger partial charge in [0.25, 0.3) is 0 Å². The molecule has 5 heteroatoms.